The summed E-state index contributed by atoms with van der Waals surface area (Å²) in [6.45, 7) is 7.16. The summed E-state index contributed by atoms with van der Waals surface area (Å²) < 4.78 is 10.7. The zero-order valence-electron chi connectivity index (χ0n) is 11.5. The van der Waals surface area contributed by atoms with Crippen LogP contribution >= 0.6 is 0 Å². The number of hydrogen-bond donors (Lipinski definition) is 0. The Labute approximate surface area is 112 Å². The second kappa shape index (κ2) is 5.86. The number of amides is 1. The molecule has 6 heteroatoms. The average Bonchev–Trinajstić information content (AvgIpc) is 2.76. The third-order valence-corrected chi connectivity index (χ3v) is 2.90. The molecule has 1 aromatic rings. The van der Waals surface area contributed by atoms with Crippen LogP contribution in [0.5, 0.6) is 6.01 Å². The molecule has 1 fully saturated rings. The predicted molar refractivity (Wildman–Crippen MR) is 69.1 cm³/mol. The van der Waals surface area contributed by atoms with Gasteiger partial charge in [-0.25, -0.2) is 14.8 Å². The van der Waals surface area contributed by atoms with Crippen LogP contribution < -0.4 is 4.74 Å². The Morgan fingerprint density at radius 3 is 2.74 bits per heavy atom. The van der Waals surface area contributed by atoms with Crippen molar-refractivity contribution in [2.75, 3.05) is 19.7 Å². The molecule has 1 amide bonds. The van der Waals surface area contributed by atoms with Crippen LogP contribution in [0.25, 0.3) is 0 Å². The van der Waals surface area contributed by atoms with E-state index in [4.69, 9.17) is 9.47 Å². The third kappa shape index (κ3) is 3.56. The van der Waals surface area contributed by atoms with E-state index >= 15 is 0 Å². The normalized spacial score (nSPS) is 18.5. The number of hydrogen-bond acceptors (Lipinski definition) is 5. The van der Waals surface area contributed by atoms with Crippen LogP contribution in [0.15, 0.2) is 6.07 Å². The van der Waals surface area contributed by atoms with Gasteiger partial charge in [0.2, 0.25) is 0 Å². The van der Waals surface area contributed by atoms with Gasteiger partial charge in [0.05, 0.1) is 13.2 Å². The minimum Gasteiger partial charge on any atom is -0.458 e. The van der Waals surface area contributed by atoms with E-state index in [1.54, 1.807) is 11.8 Å². The predicted octanol–water partition coefficient (Wildman–Crippen LogP) is 1.70. The van der Waals surface area contributed by atoms with Gasteiger partial charge in [0.1, 0.15) is 6.10 Å². The first-order valence-corrected chi connectivity index (χ1v) is 6.49. The Bertz CT molecular complexity index is 444. The molecular formula is C13H19N3O3. The van der Waals surface area contributed by atoms with Crippen LogP contribution in [0.1, 0.15) is 24.7 Å². The van der Waals surface area contributed by atoms with E-state index < -0.39 is 0 Å². The second-order valence-corrected chi connectivity index (χ2v) is 4.61. The van der Waals surface area contributed by atoms with E-state index in [0.717, 1.165) is 17.8 Å². The summed E-state index contributed by atoms with van der Waals surface area (Å²) in [4.78, 5) is 21.7. The van der Waals surface area contributed by atoms with Gasteiger partial charge in [-0.05, 0) is 26.8 Å². The van der Waals surface area contributed by atoms with Crippen LogP contribution in [0, 0.1) is 13.8 Å². The van der Waals surface area contributed by atoms with Gasteiger partial charge >= 0.3 is 12.1 Å². The molecule has 2 heterocycles. The maximum atomic E-state index is 11.6. The number of nitrogens with zero attached hydrogens (tertiary/aromatic N) is 3. The van der Waals surface area contributed by atoms with Crippen LogP contribution in [0.3, 0.4) is 0 Å². The molecule has 1 aliphatic heterocycles. The summed E-state index contributed by atoms with van der Waals surface area (Å²) in [7, 11) is 0. The van der Waals surface area contributed by atoms with Crippen LogP contribution in [0.4, 0.5) is 4.79 Å². The molecule has 1 aliphatic rings. The first-order chi connectivity index (χ1) is 9.08. The van der Waals surface area contributed by atoms with Crippen molar-refractivity contribution in [1.82, 2.24) is 14.9 Å². The zero-order valence-corrected chi connectivity index (χ0v) is 11.5. The fourth-order valence-electron chi connectivity index (χ4n) is 2.10. The molecule has 1 aromatic heterocycles. The van der Waals surface area contributed by atoms with E-state index in [0.29, 0.717) is 25.7 Å². The van der Waals surface area contributed by atoms with Gasteiger partial charge in [0.25, 0.3) is 0 Å². The van der Waals surface area contributed by atoms with Crippen molar-refractivity contribution in [2.45, 2.75) is 33.3 Å². The number of rotatable bonds is 3. The molecule has 19 heavy (non-hydrogen) atoms. The molecular weight excluding hydrogens is 246 g/mol. The summed E-state index contributed by atoms with van der Waals surface area (Å²) in [5, 5.41) is 0. The monoisotopic (exact) mass is 265 g/mol. The third-order valence-electron chi connectivity index (χ3n) is 2.90. The van der Waals surface area contributed by atoms with E-state index in [1.165, 1.54) is 0 Å². The molecule has 0 aromatic carbocycles. The highest BCUT2D eigenvalue weighted by Crippen LogP contribution is 2.16. The number of likely N-dealkylation sites (tertiary alicyclic amines) is 1. The van der Waals surface area contributed by atoms with Gasteiger partial charge in [0.15, 0.2) is 0 Å². The topological polar surface area (TPSA) is 64.5 Å². The Morgan fingerprint density at radius 1 is 1.42 bits per heavy atom. The standard InChI is InChI=1S/C13H19N3O3/c1-4-18-13(17)16-6-5-11(8-16)19-12-14-9(2)7-10(3)15-12/h7,11H,4-6,8H2,1-3H3/t11-/m1/s1. The molecule has 1 atom stereocenters. The lowest BCUT2D eigenvalue weighted by Gasteiger charge is -2.16. The molecule has 104 valence electrons. The first-order valence-electron chi connectivity index (χ1n) is 6.49. The lowest BCUT2D eigenvalue weighted by molar-refractivity contribution is 0.109. The van der Waals surface area contributed by atoms with Crippen molar-refractivity contribution >= 4 is 6.09 Å². The van der Waals surface area contributed by atoms with Crippen LogP contribution in [-0.4, -0.2) is 46.8 Å². The van der Waals surface area contributed by atoms with Gasteiger partial charge < -0.3 is 14.4 Å². The molecule has 0 saturated carbocycles. The lowest BCUT2D eigenvalue weighted by atomic mass is 10.3. The van der Waals surface area contributed by atoms with Gasteiger partial charge in [0, 0.05) is 24.4 Å². The number of carbonyl (C=O) groups is 1. The van der Waals surface area contributed by atoms with E-state index in [-0.39, 0.29) is 12.2 Å². The SMILES string of the molecule is CCOC(=O)N1CC[C@@H](Oc2nc(C)cc(C)n2)C1. The van der Waals surface area contributed by atoms with Gasteiger partial charge in [-0.1, -0.05) is 0 Å². The van der Waals surface area contributed by atoms with Gasteiger partial charge in [-0.3, -0.25) is 0 Å². The molecule has 0 spiro atoms. The number of aryl methyl sites for hydroxylation is 2. The van der Waals surface area contributed by atoms with Crippen molar-refractivity contribution in [2.24, 2.45) is 0 Å². The summed E-state index contributed by atoms with van der Waals surface area (Å²) >= 11 is 0. The molecule has 0 N–H and O–H groups in total. The quantitative estimate of drug-likeness (QED) is 0.832. The van der Waals surface area contributed by atoms with Crippen molar-refractivity contribution < 1.29 is 14.3 Å². The van der Waals surface area contributed by atoms with Gasteiger partial charge in [-0.2, -0.15) is 0 Å². The maximum Gasteiger partial charge on any atom is 0.409 e. The van der Waals surface area contributed by atoms with Crippen molar-refractivity contribution in [3.63, 3.8) is 0 Å². The van der Waals surface area contributed by atoms with E-state index in [9.17, 15) is 4.79 Å². The van der Waals surface area contributed by atoms with E-state index in [2.05, 4.69) is 9.97 Å². The second-order valence-electron chi connectivity index (χ2n) is 4.61. The van der Waals surface area contributed by atoms with Crippen molar-refractivity contribution in [1.29, 1.82) is 0 Å². The smallest absolute Gasteiger partial charge is 0.409 e. The van der Waals surface area contributed by atoms with Crippen molar-refractivity contribution in [3.05, 3.63) is 17.5 Å². The highest BCUT2D eigenvalue weighted by Gasteiger charge is 2.29. The summed E-state index contributed by atoms with van der Waals surface area (Å²) in [6.07, 6.45) is 0.426. The van der Waals surface area contributed by atoms with Crippen LogP contribution in [0.2, 0.25) is 0 Å². The summed E-state index contributed by atoms with van der Waals surface area (Å²) in [6, 6.07) is 2.28. The number of carbonyl (C=O) groups excluding carboxylic acids is 1. The summed E-state index contributed by atoms with van der Waals surface area (Å²) in [5.74, 6) is 0. The maximum absolute atomic E-state index is 11.6. The lowest BCUT2D eigenvalue weighted by Crippen LogP contribution is -2.31. The Balaban J connectivity index is 1.93. The average molecular weight is 265 g/mol. The minimum absolute atomic E-state index is 0.0643. The number of ether oxygens (including phenoxy) is 2. The van der Waals surface area contributed by atoms with Gasteiger partial charge in [-0.15, -0.1) is 0 Å². The highest BCUT2D eigenvalue weighted by molar-refractivity contribution is 5.67. The molecule has 0 aliphatic carbocycles. The zero-order chi connectivity index (χ0) is 13.8. The van der Waals surface area contributed by atoms with E-state index in [1.807, 2.05) is 19.9 Å². The first kappa shape index (κ1) is 13.6. The van der Waals surface area contributed by atoms with Crippen molar-refractivity contribution in [3.8, 4) is 6.01 Å². The largest absolute Gasteiger partial charge is 0.458 e. The molecule has 2 rings (SSSR count). The molecule has 0 bridgehead atoms. The summed E-state index contributed by atoms with van der Waals surface area (Å²) in [5.41, 5.74) is 1.76. The Kier molecular flexibility index (Phi) is 4.19. The Morgan fingerprint density at radius 2 is 2.11 bits per heavy atom. The number of aromatic nitrogens is 2. The fraction of sp³-hybridized carbons (Fsp3) is 0.615. The molecule has 0 unspecified atom stereocenters. The molecule has 6 nitrogen and oxygen atoms in total. The van der Waals surface area contributed by atoms with Crippen LogP contribution in [-0.2, 0) is 4.74 Å². The molecule has 1 saturated heterocycles. The minimum atomic E-state index is -0.282. The molecule has 0 radical (unpaired) electrons. The Hall–Kier alpha value is -1.85. The highest BCUT2D eigenvalue weighted by atomic mass is 16.6. The fourth-order valence-corrected chi connectivity index (χ4v) is 2.10.